The van der Waals surface area contributed by atoms with Gasteiger partial charge in [0.05, 0.1) is 6.26 Å². The molecule has 134 valence electrons. The Morgan fingerprint density at radius 2 is 1.76 bits per heavy atom. The van der Waals surface area contributed by atoms with Crippen LogP contribution in [0.1, 0.15) is 40.9 Å². The molecular weight excluding hydrogens is 336 g/mol. The second-order valence-electron chi connectivity index (χ2n) is 5.95. The summed E-state index contributed by atoms with van der Waals surface area (Å²) in [5, 5.41) is 2.92. The summed E-state index contributed by atoms with van der Waals surface area (Å²) in [6.07, 6.45) is 2.93. The standard InChI is InChI=1S/C19H24N2O3S/c1-4-14-9-10-15(5-2)17(11-14)13-20-19(22)16-7-6-8-18(12-16)21-25(3,23)24/h6-12,21H,4-5,13H2,1-3H3,(H,20,22). The topological polar surface area (TPSA) is 75.3 Å². The van der Waals surface area contributed by atoms with Crippen molar-refractivity contribution < 1.29 is 13.2 Å². The number of aryl methyl sites for hydroxylation is 2. The molecule has 0 aliphatic rings. The molecule has 0 atom stereocenters. The molecule has 5 nitrogen and oxygen atoms in total. The highest BCUT2D eigenvalue weighted by Crippen LogP contribution is 2.15. The van der Waals surface area contributed by atoms with Crippen molar-refractivity contribution in [2.45, 2.75) is 33.2 Å². The molecule has 2 N–H and O–H groups in total. The highest BCUT2D eigenvalue weighted by Gasteiger charge is 2.09. The number of benzene rings is 2. The Kier molecular flexibility index (Phi) is 6.20. The van der Waals surface area contributed by atoms with Crippen molar-refractivity contribution in [2.75, 3.05) is 11.0 Å². The molecule has 0 aliphatic carbocycles. The molecule has 0 unspecified atom stereocenters. The van der Waals surface area contributed by atoms with Crippen molar-refractivity contribution in [1.29, 1.82) is 0 Å². The van der Waals surface area contributed by atoms with E-state index in [-0.39, 0.29) is 5.91 Å². The SMILES string of the molecule is CCc1ccc(CC)c(CNC(=O)c2cccc(NS(C)(=O)=O)c2)c1. The largest absolute Gasteiger partial charge is 0.348 e. The van der Waals surface area contributed by atoms with Crippen LogP contribution >= 0.6 is 0 Å². The van der Waals surface area contributed by atoms with Gasteiger partial charge in [-0.2, -0.15) is 0 Å². The minimum Gasteiger partial charge on any atom is -0.348 e. The highest BCUT2D eigenvalue weighted by molar-refractivity contribution is 7.92. The third-order valence-corrected chi connectivity index (χ3v) is 4.53. The monoisotopic (exact) mass is 360 g/mol. The van der Waals surface area contributed by atoms with Crippen LogP contribution in [0.5, 0.6) is 0 Å². The van der Waals surface area contributed by atoms with Gasteiger partial charge in [0.25, 0.3) is 5.91 Å². The fourth-order valence-electron chi connectivity index (χ4n) is 2.62. The molecule has 2 aromatic rings. The van der Waals surface area contributed by atoms with Gasteiger partial charge in [0.2, 0.25) is 10.0 Å². The van der Waals surface area contributed by atoms with E-state index in [1.807, 2.05) is 0 Å². The van der Waals surface area contributed by atoms with Gasteiger partial charge in [-0.05, 0) is 47.7 Å². The third-order valence-electron chi connectivity index (χ3n) is 3.93. The van der Waals surface area contributed by atoms with Crippen LogP contribution in [0.25, 0.3) is 0 Å². The van der Waals surface area contributed by atoms with Gasteiger partial charge in [-0.15, -0.1) is 0 Å². The molecule has 0 bridgehead atoms. The number of amides is 1. The molecule has 0 saturated carbocycles. The minimum atomic E-state index is -3.37. The summed E-state index contributed by atoms with van der Waals surface area (Å²) < 4.78 is 25.0. The predicted molar refractivity (Wildman–Crippen MR) is 101 cm³/mol. The lowest BCUT2D eigenvalue weighted by atomic mass is 10.0. The lowest BCUT2D eigenvalue weighted by molar-refractivity contribution is 0.0951. The van der Waals surface area contributed by atoms with Crippen molar-refractivity contribution in [1.82, 2.24) is 5.32 Å². The Morgan fingerprint density at radius 3 is 2.40 bits per heavy atom. The van der Waals surface area contributed by atoms with Gasteiger partial charge in [-0.3, -0.25) is 9.52 Å². The number of nitrogens with one attached hydrogen (secondary N) is 2. The zero-order valence-corrected chi connectivity index (χ0v) is 15.6. The average molecular weight is 360 g/mol. The van der Waals surface area contributed by atoms with Gasteiger partial charge < -0.3 is 5.32 Å². The Morgan fingerprint density at radius 1 is 1.00 bits per heavy atom. The average Bonchev–Trinajstić information content (AvgIpc) is 2.58. The normalized spacial score (nSPS) is 11.2. The molecule has 2 aromatic carbocycles. The Hall–Kier alpha value is -2.34. The van der Waals surface area contributed by atoms with E-state index in [1.165, 1.54) is 17.2 Å². The number of hydrogen-bond acceptors (Lipinski definition) is 3. The van der Waals surface area contributed by atoms with Gasteiger partial charge in [0, 0.05) is 17.8 Å². The van der Waals surface area contributed by atoms with Gasteiger partial charge in [-0.25, -0.2) is 8.42 Å². The summed E-state index contributed by atoms with van der Waals surface area (Å²) in [5.41, 5.74) is 4.35. The van der Waals surface area contributed by atoms with Crippen molar-refractivity contribution in [2.24, 2.45) is 0 Å². The van der Waals surface area contributed by atoms with Crippen LogP contribution in [0.15, 0.2) is 42.5 Å². The maximum Gasteiger partial charge on any atom is 0.251 e. The maximum absolute atomic E-state index is 12.4. The molecule has 2 rings (SSSR count). The highest BCUT2D eigenvalue weighted by atomic mass is 32.2. The van der Waals surface area contributed by atoms with Crippen LogP contribution in [-0.4, -0.2) is 20.6 Å². The molecule has 6 heteroatoms. The molecular formula is C19H24N2O3S. The summed E-state index contributed by atoms with van der Waals surface area (Å²) >= 11 is 0. The molecule has 0 radical (unpaired) electrons. The quantitative estimate of drug-likeness (QED) is 0.797. The number of carbonyl (C=O) groups excluding carboxylic acids is 1. The van der Waals surface area contributed by atoms with E-state index in [0.29, 0.717) is 17.8 Å². The van der Waals surface area contributed by atoms with Crippen LogP contribution in [0.2, 0.25) is 0 Å². The molecule has 25 heavy (non-hydrogen) atoms. The van der Waals surface area contributed by atoms with E-state index >= 15 is 0 Å². The summed E-state index contributed by atoms with van der Waals surface area (Å²) in [7, 11) is -3.37. The predicted octanol–water partition coefficient (Wildman–Crippen LogP) is 3.11. The molecule has 0 aromatic heterocycles. The van der Waals surface area contributed by atoms with E-state index < -0.39 is 10.0 Å². The van der Waals surface area contributed by atoms with E-state index in [4.69, 9.17) is 0 Å². The first kappa shape index (κ1) is 19.0. The maximum atomic E-state index is 12.4. The first-order chi connectivity index (χ1) is 11.8. The number of hydrogen-bond donors (Lipinski definition) is 2. The van der Waals surface area contributed by atoms with Gasteiger partial charge in [-0.1, -0.05) is 38.1 Å². The molecule has 0 fully saturated rings. The number of rotatable bonds is 7. The van der Waals surface area contributed by atoms with Crippen molar-refractivity contribution >= 4 is 21.6 Å². The van der Waals surface area contributed by atoms with Crippen LogP contribution < -0.4 is 10.0 Å². The summed E-state index contributed by atoms with van der Waals surface area (Å²) in [4.78, 5) is 12.4. The van der Waals surface area contributed by atoms with Crippen LogP contribution in [0.3, 0.4) is 0 Å². The Labute approximate surface area is 149 Å². The molecule has 1 amide bonds. The second kappa shape index (κ2) is 8.16. The first-order valence-electron chi connectivity index (χ1n) is 8.29. The van der Waals surface area contributed by atoms with Gasteiger partial charge >= 0.3 is 0 Å². The zero-order chi connectivity index (χ0) is 18.4. The Bertz CT molecular complexity index is 861. The fraction of sp³-hybridized carbons (Fsp3) is 0.316. The number of anilines is 1. The zero-order valence-electron chi connectivity index (χ0n) is 14.8. The molecule has 0 spiro atoms. The van der Waals surface area contributed by atoms with Crippen molar-refractivity contribution in [3.8, 4) is 0 Å². The van der Waals surface area contributed by atoms with E-state index in [2.05, 4.69) is 42.1 Å². The Balaban J connectivity index is 2.12. The van der Waals surface area contributed by atoms with Gasteiger partial charge in [0.1, 0.15) is 0 Å². The molecule has 0 aliphatic heterocycles. The number of carbonyl (C=O) groups is 1. The van der Waals surface area contributed by atoms with Crippen molar-refractivity contribution in [3.05, 3.63) is 64.7 Å². The van der Waals surface area contributed by atoms with E-state index in [0.717, 1.165) is 24.7 Å². The van der Waals surface area contributed by atoms with Gasteiger partial charge in [0.15, 0.2) is 0 Å². The van der Waals surface area contributed by atoms with E-state index in [1.54, 1.807) is 18.2 Å². The summed E-state index contributed by atoms with van der Waals surface area (Å²) in [6.45, 7) is 4.63. The second-order valence-corrected chi connectivity index (χ2v) is 7.70. The smallest absolute Gasteiger partial charge is 0.251 e. The van der Waals surface area contributed by atoms with Crippen LogP contribution in [0.4, 0.5) is 5.69 Å². The lowest BCUT2D eigenvalue weighted by Gasteiger charge is -2.12. The minimum absolute atomic E-state index is 0.235. The first-order valence-corrected chi connectivity index (χ1v) is 10.2. The molecule has 0 saturated heterocycles. The van der Waals surface area contributed by atoms with E-state index in [9.17, 15) is 13.2 Å². The summed E-state index contributed by atoms with van der Waals surface area (Å²) in [5.74, 6) is -0.235. The van der Waals surface area contributed by atoms with Crippen molar-refractivity contribution in [3.63, 3.8) is 0 Å². The number of sulfonamides is 1. The lowest BCUT2D eigenvalue weighted by Crippen LogP contribution is -2.23. The van der Waals surface area contributed by atoms with Crippen LogP contribution in [0, 0.1) is 0 Å². The fourth-order valence-corrected chi connectivity index (χ4v) is 3.18. The van der Waals surface area contributed by atoms with Crippen LogP contribution in [-0.2, 0) is 29.4 Å². The third kappa shape index (κ3) is 5.60. The summed E-state index contributed by atoms with van der Waals surface area (Å²) in [6, 6.07) is 12.8. The molecule has 0 heterocycles.